The Morgan fingerprint density at radius 1 is 1.61 bits per heavy atom. The summed E-state index contributed by atoms with van der Waals surface area (Å²) in [6, 6.07) is 4.43. The Morgan fingerprint density at radius 3 is 3.11 bits per heavy atom. The van der Waals surface area contributed by atoms with Crippen molar-refractivity contribution in [2.45, 2.75) is 18.9 Å². The molecule has 0 bridgehead atoms. The van der Waals surface area contributed by atoms with E-state index in [9.17, 15) is 0 Å². The Morgan fingerprint density at radius 2 is 2.50 bits per heavy atom. The lowest BCUT2D eigenvalue weighted by Gasteiger charge is -2.17. The highest BCUT2D eigenvalue weighted by Crippen LogP contribution is 2.24. The van der Waals surface area contributed by atoms with Crippen LogP contribution in [0.5, 0.6) is 0 Å². The number of allylic oxidation sites excluding steroid dienone is 1. The average molecular weight is 261 g/mol. The maximum Gasteiger partial charge on any atom is 0.131 e. The Labute approximate surface area is 112 Å². The van der Waals surface area contributed by atoms with Gasteiger partial charge >= 0.3 is 0 Å². The first-order valence-electron chi connectivity index (χ1n) is 6.18. The first-order valence-corrected chi connectivity index (χ1v) is 7.06. The highest BCUT2D eigenvalue weighted by Gasteiger charge is 2.18. The SMILES string of the molecule is C=CCCCNC(c1cccs1)c1nccn1C. The lowest BCUT2D eigenvalue weighted by Crippen LogP contribution is -2.25. The Hall–Kier alpha value is -1.39. The molecular weight excluding hydrogens is 242 g/mol. The number of nitrogens with one attached hydrogen (secondary N) is 1. The van der Waals surface area contributed by atoms with Crippen molar-refractivity contribution in [1.29, 1.82) is 0 Å². The minimum absolute atomic E-state index is 0.190. The third kappa shape index (κ3) is 3.09. The minimum Gasteiger partial charge on any atom is -0.336 e. The summed E-state index contributed by atoms with van der Waals surface area (Å²) in [6.45, 7) is 4.72. The zero-order valence-corrected chi connectivity index (χ0v) is 11.5. The van der Waals surface area contributed by atoms with Gasteiger partial charge in [0.2, 0.25) is 0 Å². The van der Waals surface area contributed by atoms with Crippen LogP contribution in [0.15, 0.2) is 42.6 Å². The standard InChI is InChI=1S/C14H19N3S/c1-3-4-5-8-15-13(12-7-6-11-18-12)14-16-9-10-17(14)2/h3,6-7,9-11,13,15H,1,4-5,8H2,2H3. The second-order valence-electron chi connectivity index (χ2n) is 4.23. The molecule has 18 heavy (non-hydrogen) atoms. The summed E-state index contributed by atoms with van der Waals surface area (Å²) in [6.07, 6.45) is 7.95. The molecular formula is C14H19N3S. The lowest BCUT2D eigenvalue weighted by molar-refractivity contribution is 0.554. The van der Waals surface area contributed by atoms with Crippen molar-refractivity contribution in [2.24, 2.45) is 7.05 Å². The molecule has 0 aliphatic carbocycles. The molecule has 0 saturated carbocycles. The number of aromatic nitrogens is 2. The van der Waals surface area contributed by atoms with Crippen molar-refractivity contribution < 1.29 is 0 Å². The lowest BCUT2D eigenvalue weighted by atomic mass is 10.2. The number of unbranched alkanes of at least 4 members (excludes halogenated alkanes) is 1. The van der Waals surface area contributed by atoms with Crippen molar-refractivity contribution in [3.63, 3.8) is 0 Å². The van der Waals surface area contributed by atoms with Gasteiger partial charge in [-0.05, 0) is 30.8 Å². The highest BCUT2D eigenvalue weighted by molar-refractivity contribution is 7.10. The zero-order valence-electron chi connectivity index (χ0n) is 10.7. The van der Waals surface area contributed by atoms with Gasteiger partial charge in [0.15, 0.2) is 0 Å². The fourth-order valence-corrected chi connectivity index (χ4v) is 2.72. The van der Waals surface area contributed by atoms with E-state index in [2.05, 4.69) is 39.0 Å². The monoisotopic (exact) mass is 261 g/mol. The van der Waals surface area contributed by atoms with Crippen LogP contribution in [0.25, 0.3) is 0 Å². The molecule has 3 nitrogen and oxygen atoms in total. The summed E-state index contributed by atoms with van der Waals surface area (Å²) in [5.74, 6) is 1.07. The van der Waals surface area contributed by atoms with Gasteiger partial charge < -0.3 is 9.88 Å². The number of thiophene rings is 1. The van der Waals surface area contributed by atoms with Crippen LogP contribution < -0.4 is 5.32 Å². The van der Waals surface area contributed by atoms with E-state index < -0.39 is 0 Å². The molecule has 2 aromatic rings. The van der Waals surface area contributed by atoms with E-state index in [1.807, 2.05) is 25.5 Å². The van der Waals surface area contributed by atoms with E-state index in [0.29, 0.717) is 0 Å². The third-order valence-corrected chi connectivity index (χ3v) is 3.82. The molecule has 1 atom stereocenters. The van der Waals surface area contributed by atoms with Gasteiger partial charge in [-0.15, -0.1) is 17.9 Å². The van der Waals surface area contributed by atoms with Gasteiger partial charge in [0.05, 0.1) is 0 Å². The van der Waals surface area contributed by atoms with E-state index in [0.717, 1.165) is 25.2 Å². The van der Waals surface area contributed by atoms with Gasteiger partial charge in [-0.3, -0.25) is 0 Å². The maximum atomic E-state index is 4.46. The fourth-order valence-electron chi connectivity index (χ4n) is 1.92. The molecule has 2 heterocycles. The Bertz CT molecular complexity index is 473. The molecule has 1 unspecified atom stereocenters. The Kier molecular flexibility index (Phi) is 4.73. The Balaban J connectivity index is 2.09. The summed E-state index contributed by atoms with van der Waals surface area (Å²) in [5.41, 5.74) is 0. The molecule has 4 heteroatoms. The minimum atomic E-state index is 0.190. The molecule has 1 N–H and O–H groups in total. The molecule has 0 aliphatic heterocycles. The predicted molar refractivity (Wildman–Crippen MR) is 76.8 cm³/mol. The highest BCUT2D eigenvalue weighted by atomic mass is 32.1. The summed E-state index contributed by atoms with van der Waals surface area (Å²) >= 11 is 1.77. The van der Waals surface area contributed by atoms with Crippen LogP contribution in [-0.4, -0.2) is 16.1 Å². The second-order valence-corrected chi connectivity index (χ2v) is 5.21. The van der Waals surface area contributed by atoms with E-state index in [1.54, 1.807) is 11.3 Å². The van der Waals surface area contributed by atoms with Gasteiger partial charge in [0.25, 0.3) is 0 Å². The van der Waals surface area contributed by atoms with Crippen LogP contribution in [0.2, 0.25) is 0 Å². The van der Waals surface area contributed by atoms with Crippen molar-refractivity contribution in [3.05, 3.63) is 53.3 Å². The molecule has 0 aromatic carbocycles. The van der Waals surface area contributed by atoms with E-state index in [1.165, 1.54) is 4.88 Å². The molecule has 2 aromatic heterocycles. The number of hydrogen-bond donors (Lipinski definition) is 1. The molecule has 96 valence electrons. The fraction of sp³-hybridized carbons (Fsp3) is 0.357. The van der Waals surface area contributed by atoms with Crippen LogP contribution in [0.4, 0.5) is 0 Å². The number of aryl methyl sites for hydroxylation is 1. The average Bonchev–Trinajstić information content (AvgIpc) is 3.01. The predicted octanol–water partition coefficient (Wildman–Crippen LogP) is 3.13. The van der Waals surface area contributed by atoms with Crippen molar-refractivity contribution >= 4 is 11.3 Å². The van der Waals surface area contributed by atoms with Crippen molar-refractivity contribution in [2.75, 3.05) is 6.54 Å². The quantitative estimate of drug-likeness (QED) is 0.613. The number of nitrogens with zero attached hydrogens (tertiary/aromatic N) is 2. The largest absolute Gasteiger partial charge is 0.336 e. The maximum absolute atomic E-state index is 4.46. The summed E-state index contributed by atoms with van der Waals surface area (Å²) in [7, 11) is 2.04. The van der Waals surface area contributed by atoms with E-state index in [-0.39, 0.29) is 6.04 Å². The van der Waals surface area contributed by atoms with Gasteiger partial charge in [-0.25, -0.2) is 4.98 Å². The molecule has 0 fully saturated rings. The molecule has 2 rings (SSSR count). The molecule has 0 radical (unpaired) electrons. The van der Waals surface area contributed by atoms with Crippen molar-refractivity contribution in [1.82, 2.24) is 14.9 Å². The molecule has 0 amide bonds. The van der Waals surface area contributed by atoms with Gasteiger partial charge in [0.1, 0.15) is 11.9 Å². The van der Waals surface area contributed by atoms with Gasteiger partial charge in [0, 0.05) is 24.3 Å². The number of hydrogen-bond acceptors (Lipinski definition) is 3. The summed E-state index contributed by atoms with van der Waals surface area (Å²) in [4.78, 5) is 5.77. The van der Waals surface area contributed by atoms with Gasteiger partial charge in [-0.1, -0.05) is 12.1 Å². The smallest absolute Gasteiger partial charge is 0.131 e. The van der Waals surface area contributed by atoms with Crippen LogP contribution >= 0.6 is 11.3 Å². The van der Waals surface area contributed by atoms with E-state index in [4.69, 9.17) is 0 Å². The first kappa shape index (κ1) is 13.1. The topological polar surface area (TPSA) is 29.9 Å². The third-order valence-electron chi connectivity index (χ3n) is 2.88. The van der Waals surface area contributed by atoms with E-state index >= 15 is 0 Å². The van der Waals surface area contributed by atoms with Crippen LogP contribution in [-0.2, 0) is 7.05 Å². The molecule has 0 saturated heterocycles. The van der Waals surface area contributed by atoms with Gasteiger partial charge in [-0.2, -0.15) is 0 Å². The summed E-state index contributed by atoms with van der Waals surface area (Å²) in [5, 5.41) is 5.69. The summed E-state index contributed by atoms with van der Waals surface area (Å²) < 4.78 is 2.07. The first-order chi connectivity index (χ1) is 8.83. The van der Waals surface area contributed by atoms with Crippen LogP contribution in [0, 0.1) is 0 Å². The molecule has 0 spiro atoms. The second kappa shape index (κ2) is 6.52. The van der Waals surface area contributed by atoms with Crippen LogP contribution in [0.1, 0.15) is 29.6 Å². The number of imidazole rings is 1. The zero-order chi connectivity index (χ0) is 12.8. The van der Waals surface area contributed by atoms with Crippen LogP contribution in [0.3, 0.4) is 0 Å². The normalized spacial score (nSPS) is 12.5. The number of rotatable bonds is 7. The molecule has 0 aliphatic rings. The van der Waals surface area contributed by atoms with Crippen molar-refractivity contribution in [3.8, 4) is 0 Å².